The lowest BCUT2D eigenvalue weighted by Gasteiger charge is -2.36. The minimum atomic E-state index is -0.155. The number of nitrogen functional groups attached to an aromatic ring is 1. The summed E-state index contributed by atoms with van der Waals surface area (Å²) in [6.45, 7) is 2.34. The molecular weight excluding hydrogens is 446 g/mol. The number of carbonyl (C=O) groups excluding carboxylic acids is 2. The summed E-state index contributed by atoms with van der Waals surface area (Å²) in [5.41, 5.74) is 9.79. The first-order chi connectivity index (χ1) is 16.9. The summed E-state index contributed by atoms with van der Waals surface area (Å²) in [7, 11) is 1.83. The number of hydrogen-bond donors (Lipinski definition) is 3. The van der Waals surface area contributed by atoms with Gasteiger partial charge < -0.3 is 21.1 Å². The summed E-state index contributed by atoms with van der Waals surface area (Å²) in [4.78, 5) is 36.5. The van der Waals surface area contributed by atoms with Gasteiger partial charge in [0.2, 0.25) is 11.9 Å². The first-order valence-electron chi connectivity index (χ1n) is 12.8. The van der Waals surface area contributed by atoms with Crippen LogP contribution in [0, 0.1) is 17.8 Å². The first kappa shape index (κ1) is 23.7. The van der Waals surface area contributed by atoms with Crippen LogP contribution in [0.15, 0.2) is 6.20 Å². The molecule has 188 valence electrons. The van der Waals surface area contributed by atoms with E-state index in [9.17, 15) is 14.7 Å². The van der Waals surface area contributed by atoms with Crippen molar-refractivity contribution in [3.8, 4) is 11.4 Å². The number of likely N-dealkylation sites (tertiary alicyclic amines) is 1. The zero-order chi connectivity index (χ0) is 24.5. The lowest BCUT2D eigenvalue weighted by Crippen LogP contribution is -2.43. The normalized spacial score (nSPS) is 22.4. The van der Waals surface area contributed by atoms with E-state index in [4.69, 9.17) is 5.73 Å². The summed E-state index contributed by atoms with van der Waals surface area (Å²) in [6, 6.07) is 0. The molecular formula is C25H35N7O3. The topological polar surface area (TPSA) is 139 Å². The van der Waals surface area contributed by atoms with E-state index in [0.29, 0.717) is 24.1 Å². The van der Waals surface area contributed by atoms with Gasteiger partial charge in [-0.25, -0.2) is 9.97 Å². The molecule has 1 saturated carbocycles. The first-order valence-corrected chi connectivity index (χ1v) is 12.8. The number of carbonyl (C=O) groups is 2. The molecule has 2 aromatic rings. The van der Waals surface area contributed by atoms with Crippen molar-refractivity contribution in [2.75, 3.05) is 32.0 Å². The number of nitrogens with zero attached hydrogens (tertiary/aromatic N) is 5. The van der Waals surface area contributed by atoms with E-state index in [1.807, 2.05) is 11.9 Å². The largest absolute Gasteiger partial charge is 0.396 e. The van der Waals surface area contributed by atoms with Crippen LogP contribution in [0.1, 0.15) is 60.1 Å². The SMILES string of the molecule is Cn1nc(C(=O)NCC2CCC(C(=O)N3CCC(CO)CC3)CC2)c2c1-c1nc(N)ncc1CC2. The van der Waals surface area contributed by atoms with E-state index in [2.05, 4.69) is 20.4 Å². The van der Waals surface area contributed by atoms with E-state index >= 15 is 0 Å². The molecule has 0 bridgehead atoms. The average molecular weight is 482 g/mol. The molecule has 0 aromatic carbocycles. The van der Waals surface area contributed by atoms with Crippen molar-refractivity contribution >= 4 is 17.8 Å². The van der Waals surface area contributed by atoms with Gasteiger partial charge in [-0.05, 0) is 68.8 Å². The van der Waals surface area contributed by atoms with Crippen LogP contribution in [-0.4, -0.2) is 67.8 Å². The minimum absolute atomic E-state index is 0.0879. The maximum Gasteiger partial charge on any atom is 0.272 e. The number of hydrogen-bond acceptors (Lipinski definition) is 7. The molecule has 1 aliphatic heterocycles. The number of aromatic nitrogens is 4. The highest BCUT2D eigenvalue weighted by molar-refractivity contribution is 5.96. The monoisotopic (exact) mass is 481 g/mol. The fourth-order valence-corrected chi connectivity index (χ4v) is 5.88. The van der Waals surface area contributed by atoms with Gasteiger partial charge in [0.05, 0.1) is 11.4 Å². The van der Waals surface area contributed by atoms with Crippen LogP contribution in [0.3, 0.4) is 0 Å². The summed E-state index contributed by atoms with van der Waals surface area (Å²) >= 11 is 0. The van der Waals surface area contributed by atoms with Crippen molar-refractivity contribution in [3.63, 3.8) is 0 Å². The molecule has 35 heavy (non-hydrogen) atoms. The Morgan fingerprint density at radius 1 is 1.11 bits per heavy atom. The second kappa shape index (κ2) is 9.93. The molecule has 3 aliphatic rings. The van der Waals surface area contributed by atoms with Crippen molar-refractivity contribution in [2.45, 2.75) is 51.4 Å². The molecule has 0 spiro atoms. The molecule has 2 amide bonds. The molecule has 0 unspecified atom stereocenters. The van der Waals surface area contributed by atoms with Crippen LogP contribution in [-0.2, 0) is 24.7 Å². The van der Waals surface area contributed by atoms with Crippen LogP contribution < -0.4 is 11.1 Å². The zero-order valence-corrected chi connectivity index (χ0v) is 20.4. The van der Waals surface area contributed by atoms with Crippen molar-refractivity contribution in [1.82, 2.24) is 30.0 Å². The standard InChI is InChI=1S/C25H35N7O3/c1-31-22-19(7-6-18-13-28-25(26)29-20(18)22)21(30-31)23(34)27-12-15-2-4-17(5-3-15)24(35)32-10-8-16(14-33)9-11-32/h13,15-17,33H,2-12,14H2,1H3,(H,27,34)(H2,26,28,29). The van der Waals surface area contributed by atoms with Crippen molar-refractivity contribution in [2.24, 2.45) is 24.8 Å². The Bertz CT molecular complexity index is 1100. The number of rotatable bonds is 5. The number of aryl methyl sites for hydroxylation is 2. The molecule has 1 saturated heterocycles. The summed E-state index contributed by atoms with van der Waals surface area (Å²) < 4.78 is 1.72. The van der Waals surface area contributed by atoms with Crippen LogP contribution in [0.5, 0.6) is 0 Å². The van der Waals surface area contributed by atoms with E-state index in [-0.39, 0.29) is 30.3 Å². The maximum atomic E-state index is 13.1. The fraction of sp³-hybridized carbons (Fsp3) is 0.640. The van der Waals surface area contributed by atoms with Gasteiger partial charge in [-0.3, -0.25) is 14.3 Å². The summed E-state index contributed by atoms with van der Waals surface area (Å²) in [5.74, 6) is 1.13. The molecule has 5 rings (SSSR count). The molecule has 10 nitrogen and oxygen atoms in total. The quantitative estimate of drug-likeness (QED) is 0.585. The number of nitrogens with one attached hydrogen (secondary N) is 1. The molecule has 10 heteroatoms. The highest BCUT2D eigenvalue weighted by atomic mass is 16.3. The van der Waals surface area contributed by atoms with Crippen LogP contribution >= 0.6 is 0 Å². The highest BCUT2D eigenvalue weighted by Crippen LogP contribution is 2.34. The Kier molecular flexibility index (Phi) is 6.73. The number of fused-ring (bicyclic) bond motifs is 3. The van der Waals surface area contributed by atoms with Crippen LogP contribution in [0.25, 0.3) is 11.4 Å². The van der Waals surface area contributed by atoms with Gasteiger partial charge in [-0.2, -0.15) is 5.10 Å². The van der Waals surface area contributed by atoms with E-state index in [0.717, 1.165) is 87.0 Å². The summed E-state index contributed by atoms with van der Waals surface area (Å²) in [5, 5.41) is 16.9. The van der Waals surface area contributed by atoms with Gasteiger partial charge in [0.25, 0.3) is 5.91 Å². The van der Waals surface area contributed by atoms with Gasteiger partial charge in [-0.15, -0.1) is 0 Å². The van der Waals surface area contributed by atoms with Crippen molar-refractivity contribution in [1.29, 1.82) is 0 Å². The zero-order valence-electron chi connectivity index (χ0n) is 20.4. The second-order valence-electron chi connectivity index (χ2n) is 10.3. The number of nitrogens with two attached hydrogens (primary N) is 1. The second-order valence-corrected chi connectivity index (χ2v) is 10.3. The molecule has 0 atom stereocenters. The van der Waals surface area contributed by atoms with Gasteiger partial charge in [-0.1, -0.05) is 0 Å². The van der Waals surface area contributed by atoms with Gasteiger partial charge in [0.1, 0.15) is 0 Å². The third-order valence-corrected chi connectivity index (χ3v) is 8.04. The van der Waals surface area contributed by atoms with Crippen LogP contribution in [0.2, 0.25) is 0 Å². The number of piperidine rings is 1. The third kappa shape index (κ3) is 4.76. The molecule has 2 aromatic heterocycles. The number of anilines is 1. The summed E-state index contributed by atoms with van der Waals surface area (Å²) in [6.07, 6.45) is 8.64. The highest BCUT2D eigenvalue weighted by Gasteiger charge is 2.32. The lowest BCUT2D eigenvalue weighted by atomic mass is 9.81. The molecule has 2 aliphatic carbocycles. The van der Waals surface area contributed by atoms with Gasteiger partial charge >= 0.3 is 0 Å². The molecule has 0 radical (unpaired) electrons. The average Bonchev–Trinajstić information content (AvgIpc) is 3.24. The Morgan fingerprint density at radius 3 is 2.57 bits per heavy atom. The molecule has 2 fully saturated rings. The Balaban J connectivity index is 1.15. The fourth-order valence-electron chi connectivity index (χ4n) is 5.88. The maximum absolute atomic E-state index is 13.1. The van der Waals surface area contributed by atoms with E-state index < -0.39 is 0 Å². The van der Waals surface area contributed by atoms with Crippen LogP contribution in [0.4, 0.5) is 5.95 Å². The smallest absolute Gasteiger partial charge is 0.272 e. The Labute approximate surface area is 205 Å². The Hall–Kier alpha value is -3.01. The minimum Gasteiger partial charge on any atom is -0.396 e. The Morgan fingerprint density at radius 2 is 1.86 bits per heavy atom. The molecule has 3 heterocycles. The number of amides is 2. The van der Waals surface area contributed by atoms with Crippen molar-refractivity contribution in [3.05, 3.63) is 23.0 Å². The van der Waals surface area contributed by atoms with E-state index in [1.54, 1.807) is 10.9 Å². The third-order valence-electron chi connectivity index (χ3n) is 8.04. The number of aliphatic hydroxyl groups excluding tert-OH is 1. The predicted octanol–water partition coefficient (Wildman–Crippen LogP) is 1.33. The number of aliphatic hydroxyl groups is 1. The van der Waals surface area contributed by atoms with Gasteiger partial charge in [0, 0.05) is 51.0 Å². The van der Waals surface area contributed by atoms with Crippen molar-refractivity contribution < 1.29 is 14.7 Å². The van der Waals surface area contributed by atoms with E-state index in [1.165, 1.54) is 0 Å². The van der Waals surface area contributed by atoms with Gasteiger partial charge in [0.15, 0.2) is 5.69 Å². The lowest BCUT2D eigenvalue weighted by molar-refractivity contribution is -0.138. The molecule has 4 N–H and O–H groups in total. The predicted molar refractivity (Wildman–Crippen MR) is 130 cm³/mol.